The van der Waals surface area contributed by atoms with Crippen LogP contribution in [-0.4, -0.2) is 44.3 Å². The molecule has 126 valence electrons. The second-order valence-corrected chi connectivity index (χ2v) is 6.53. The topological polar surface area (TPSA) is 60.4 Å². The predicted molar refractivity (Wildman–Crippen MR) is 60.2 cm³/mol. The summed E-state index contributed by atoms with van der Waals surface area (Å²) in [6, 6.07) is 0. The highest BCUT2D eigenvalue weighted by atomic mass is 32.2. The highest BCUT2D eigenvalue weighted by molar-refractivity contribution is 7.91. The molecule has 0 unspecified atom stereocenters. The van der Waals surface area contributed by atoms with E-state index in [4.69, 9.17) is 0 Å². The molecular weight excluding hydrogens is 330 g/mol. The highest BCUT2D eigenvalue weighted by Gasteiger charge is 2.62. The van der Waals surface area contributed by atoms with Gasteiger partial charge in [-0.05, 0) is 12.8 Å². The van der Waals surface area contributed by atoms with Crippen molar-refractivity contribution in [1.29, 1.82) is 0 Å². The van der Waals surface area contributed by atoms with Crippen LogP contribution in [0.2, 0.25) is 0 Å². The average molecular weight is 344 g/mol. The molecular formula is C10H14F6O4S. The fraction of sp³-hybridized carbons (Fsp3) is 0.900. The van der Waals surface area contributed by atoms with Gasteiger partial charge in [-0.1, -0.05) is 0 Å². The van der Waals surface area contributed by atoms with E-state index in [0.29, 0.717) is 0 Å². The number of unbranched alkanes of at least 4 members (excludes halogenated alkanes) is 1. The molecule has 0 atom stereocenters. The van der Waals surface area contributed by atoms with Gasteiger partial charge in [0.25, 0.3) is 0 Å². The number of ether oxygens (including phenoxy) is 1. The van der Waals surface area contributed by atoms with Crippen molar-refractivity contribution < 1.29 is 44.3 Å². The highest BCUT2D eigenvalue weighted by Crippen LogP contribution is 2.41. The first-order valence-electron chi connectivity index (χ1n) is 5.63. The number of carbonyl (C=O) groups excluding carboxylic acids is 1. The van der Waals surface area contributed by atoms with E-state index in [1.807, 2.05) is 0 Å². The number of halogens is 6. The zero-order valence-electron chi connectivity index (χ0n) is 11.1. The summed E-state index contributed by atoms with van der Waals surface area (Å²) >= 11 is 0. The number of sulfone groups is 1. The molecule has 4 nitrogen and oxygen atoms in total. The Morgan fingerprint density at radius 2 is 1.52 bits per heavy atom. The Bertz CT molecular complexity index is 468. The van der Waals surface area contributed by atoms with Gasteiger partial charge in [0.2, 0.25) is 9.84 Å². The zero-order chi connectivity index (χ0) is 17.1. The minimum atomic E-state index is -5.30. The van der Waals surface area contributed by atoms with Crippen LogP contribution in [0.15, 0.2) is 0 Å². The molecule has 0 saturated heterocycles. The minimum Gasteiger partial charge on any atom is -0.461 e. The molecule has 0 aliphatic carbocycles. The second kappa shape index (κ2) is 6.41. The Labute approximate surface area is 117 Å². The molecule has 0 heterocycles. The minimum absolute atomic E-state index is 0.0218. The van der Waals surface area contributed by atoms with E-state index in [-0.39, 0.29) is 13.2 Å². The Kier molecular flexibility index (Phi) is 6.10. The van der Waals surface area contributed by atoms with Gasteiger partial charge in [-0.25, -0.2) is 13.2 Å². The molecule has 0 bridgehead atoms. The lowest BCUT2D eigenvalue weighted by atomic mass is 10.1. The van der Waals surface area contributed by atoms with Gasteiger partial charge in [0.05, 0.1) is 6.61 Å². The zero-order valence-corrected chi connectivity index (χ0v) is 12.0. The molecule has 0 saturated carbocycles. The van der Waals surface area contributed by atoms with E-state index in [1.165, 1.54) is 0 Å². The van der Waals surface area contributed by atoms with Crippen molar-refractivity contribution in [2.45, 2.75) is 43.3 Å². The maximum atomic E-state index is 13.1. The number of alkyl halides is 6. The summed E-state index contributed by atoms with van der Waals surface area (Å²) < 4.78 is 102. The van der Waals surface area contributed by atoms with Crippen LogP contribution in [0.25, 0.3) is 0 Å². The molecule has 0 spiro atoms. The first-order chi connectivity index (χ1) is 9.13. The largest absolute Gasteiger partial charge is 0.461 e. The Hall–Kier alpha value is -1.00. The van der Waals surface area contributed by atoms with Crippen LogP contribution in [-0.2, 0) is 19.4 Å². The van der Waals surface area contributed by atoms with Crippen LogP contribution in [0.1, 0.15) is 26.2 Å². The second-order valence-electron chi connectivity index (χ2n) is 4.47. The molecule has 0 N–H and O–H groups in total. The van der Waals surface area contributed by atoms with Gasteiger partial charge in [-0.2, -0.15) is 26.3 Å². The fourth-order valence-electron chi connectivity index (χ4n) is 1.16. The van der Waals surface area contributed by atoms with Crippen LogP contribution >= 0.6 is 0 Å². The molecule has 0 aromatic rings. The van der Waals surface area contributed by atoms with Gasteiger partial charge in [-0.3, -0.25) is 0 Å². The summed E-state index contributed by atoms with van der Waals surface area (Å²) in [7, 11) is -5.30. The summed E-state index contributed by atoms with van der Waals surface area (Å²) in [4.78, 5) is 10.6. The van der Waals surface area contributed by atoms with Gasteiger partial charge < -0.3 is 4.74 Å². The number of hydrogen-bond acceptors (Lipinski definition) is 4. The lowest BCUT2D eigenvalue weighted by molar-refractivity contribution is -0.170. The van der Waals surface area contributed by atoms with Crippen molar-refractivity contribution in [3.63, 3.8) is 0 Å². The van der Waals surface area contributed by atoms with Crippen molar-refractivity contribution in [3.8, 4) is 0 Å². The normalized spacial score (nSPS) is 14.1. The number of rotatable bonds is 8. The van der Waals surface area contributed by atoms with Crippen LogP contribution in [0.4, 0.5) is 26.3 Å². The first kappa shape index (κ1) is 20.0. The van der Waals surface area contributed by atoms with Crippen LogP contribution in [0.3, 0.4) is 0 Å². The van der Waals surface area contributed by atoms with Gasteiger partial charge in [0.1, 0.15) is 0 Å². The van der Waals surface area contributed by atoms with E-state index in [9.17, 15) is 39.6 Å². The summed E-state index contributed by atoms with van der Waals surface area (Å²) in [5.41, 5.74) is 0. The third kappa shape index (κ3) is 5.36. The van der Waals surface area contributed by atoms with Crippen molar-refractivity contribution in [1.82, 2.24) is 0 Å². The lowest BCUT2D eigenvalue weighted by Gasteiger charge is -2.24. The Morgan fingerprint density at radius 3 is 1.90 bits per heavy atom. The molecule has 0 aromatic heterocycles. The Balaban J connectivity index is 4.34. The SMILES string of the molecule is CC(F)(F)C(=O)OCCCCC(F)(F)C(F)(F)S(C)(=O)=O. The van der Waals surface area contributed by atoms with Crippen LogP contribution in [0.5, 0.6) is 0 Å². The third-order valence-corrected chi connectivity index (χ3v) is 3.60. The van der Waals surface area contributed by atoms with Gasteiger partial charge in [-0.15, -0.1) is 0 Å². The van der Waals surface area contributed by atoms with E-state index < -0.39 is 58.8 Å². The molecule has 0 fully saturated rings. The fourth-order valence-corrected chi connectivity index (χ4v) is 1.80. The van der Waals surface area contributed by atoms with Crippen molar-refractivity contribution in [2.24, 2.45) is 0 Å². The standard InChI is InChI=1S/C10H14F6O4S/c1-8(11,12)7(17)20-6-4-3-5-9(13,14)10(15,16)21(2,18)19/h3-6H2,1-2H3. The van der Waals surface area contributed by atoms with E-state index in [1.54, 1.807) is 0 Å². The summed E-state index contributed by atoms with van der Waals surface area (Å²) in [5.74, 6) is -10.4. The van der Waals surface area contributed by atoms with Crippen LogP contribution < -0.4 is 0 Å². The van der Waals surface area contributed by atoms with E-state index in [2.05, 4.69) is 4.74 Å². The summed E-state index contributed by atoms with van der Waals surface area (Å²) in [6.07, 6.45) is -2.54. The monoisotopic (exact) mass is 344 g/mol. The predicted octanol–water partition coefficient (Wildman–Crippen LogP) is 2.63. The maximum Gasteiger partial charge on any atom is 0.406 e. The van der Waals surface area contributed by atoms with E-state index >= 15 is 0 Å². The molecule has 21 heavy (non-hydrogen) atoms. The lowest BCUT2D eigenvalue weighted by Crippen LogP contribution is -2.46. The molecule has 0 rings (SSSR count). The van der Waals surface area contributed by atoms with Crippen molar-refractivity contribution in [3.05, 3.63) is 0 Å². The molecule has 11 heteroatoms. The smallest absolute Gasteiger partial charge is 0.406 e. The molecule has 0 amide bonds. The summed E-state index contributed by atoms with van der Waals surface area (Å²) in [5, 5.41) is -5.23. The number of carbonyl (C=O) groups is 1. The molecule has 0 radical (unpaired) electrons. The molecule has 0 aliphatic heterocycles. The third-order valence-electron chi connectivity index (χ3n) is 2.37. The van der Waals surface area contributed by atoms with Gasteiger partial charge >= 0.3 is 23.1 Å². The Morgan fingerprint density at radius 1 is 1.05 bits per heavy atom. The van der Waals surface area contributed by atoms with Gasteiger partial charge in [0.15, 0.2) is 0 Å². The van der Waals surface area contributed by atoms with Crippen molar-refractivity contribution >= 4 is 15.8 Å². The van der Waals surface area contributed by atoms with E-state index in [0.717, 1.165) is 0 Å². The van der Waals surface area contributed by atoms with Gasteiger partial charge in [0, 0.05) is 19.6 Å². The van der Waals surface area contributed by atoms with Crippen LogP contribution in [0, 0.1) is 0 Å². The number of esters is 1. The molecule has 0 aromatic carbocycles. The quantitative estimate of drug-likeness (QED) is 0.386. The maximum absolute atomic E-state index is 13.1. The average Bonchev–Trinajstić information content (AvgIpc) is 2.24. The first-order valence-corrected chi connectivity index (χ1v) is 7.52. The number of hydrogen-bond donors (Lipinski definition) is 0. The van der Waals surface area contributed by atoms with Crippen molar-refractivity contribution in [2.75, 3.05) is 12.9 Å². The summed E-state index contributed by atoms with van der Waals surface area (Å²) in [6.45, 7) is -0.390. The molecule has 0 aliphatic rings.